The van der Waals surface area contributed by atoms with Crippen LogP contribution in [0.25, 0.3) is 0 Å². The van der Waals surface area contributed by atoms with Gasteiger partial charge in [-0.15, -0.1) is 13.2 Å². The Hall–Kier alpha value is -4.18. The molecule has 4 unspecified atom stereocenters. The van der Waals surface area contributed by atoms with Crippen LogP contribution in [0.5, 0.6) is 11.5 Å². The number of amides is 2. The molecule has 0 saturated carbocycles. The Morgan fingerprint density at radius 1 is 1.00 bits per heavy atom. The lowest BCUT2D eigenvalue weighted by molar-refractivity contribution is -0.274. The maximum atomic E-state index is 13.8. The number of Topliss-reactive ketones (excluding diaryl/α,β-unsaturated/α-hetero) is 1. The Kier molecular flexibility index (Phi) is 6.22. The summed E-state index contributed by atoms with van der Waals surface area (Å²) in [5.41, 5.74) is 1.05. The summed E-state index contributed by atoms with van der Waals surface area (Å²) in [4.78, 5) is 55.1. The van der Waals surface area contributed by atoms with Crippen LogP contribution in [0.15, 0.2) is 76.9 Å². The predicted molar refractivity (Wildman–Crippen MR) is 140 cm³/mol. The van der Waals surface area contributed by atoms with Gasteiger partial charge < -0.3 is 9.84 Å². The third-order valence-electron chi connectivity index (χ3n) is 8.19. The van der Waals surface area contributed by atoms with Crippen LogP contribution in [-0.4, -0.2) is 34.8 Å². The average Bonchev–Trinajstić information content (AvgIpc) is 3.17. The van der Waals surface area contributed by atoms with E-state index >= 15 is 0 Å². The van der Waals surface area contributed by atoms with Crippen molar-refractivity contribution in [3.8, 4) is 11.5 Å². The van der Waals surface area contributed by atoms with Gasteiger partial charge in [0.15, 0.2) is 11.6 Å². The summed E-state index contributed by atoms with van der Waals surface area (Å²) in [6.45, 7) is 1.46. The third-order valence-corrected chi connectivity index (χ3v) is 8.45. The highest BCUT2D eigenvalue weighted by molar-refractivity contribution is 6.31. The highest BCUT2D eigenvalue weighted by atomic mass is 35.5. The first-order chi connectivity index (χ1) is 19.4. The highest BCUT2D eigenvalue weighted by Gasteiger charge is 2.57. The molecule has 3 aliphatic carbocycles. The molecular weight excluding hydrogens is 563 g/mol. The number of ketones is 2. The van der Waals surface area contributed by atoms with Gasteiger partial charge in [-0.25, -0.2) is 0 Å². The van der Waals surface area contributed by atoms with Gasteiger partial charge in [-0.2, -0.15) is 0 Å². The van der Waals surface area contributed by atoms with Crippen molar-refractivity contribution in [1.29, 1.82) is 0 Å². The molecule has 2 amide bonds. The second kappa shape index (κ2) is 9.44. The monoisotopic (exact) mass is 583 g/mol. The number of hydrogen-bond acceptors (Lipinski definition) is 6. The molecule has 2 aromatic rings. The lowest BCUT2D eigenvalue weighted by Crippen LogP contribution is -2.39. The molecule has 1 aliphatic heterocycles. The third kappa shape index (κ3) is 4.37. The van der Waals surface area contributed by atoms with Crippen molar-refractivity contribution in [1.82, 2.24) is 0 Å². The molecular formula is C30H21ClF3NO6. The van der Waals surface area contributed by atoms with Crippen LogP contribution in [-0.2, 0) is 19.2 Å². The number of ether oxygens (including phenoxy) is 1. The number of rotatable bonds is 3. The van der Waals surface area contributed by atoms with Crippen molar-refractivity contribution in [3.63, 3.8) is 0 Å². The largest absolute Gasteiger partial charge is 0.573 e. The van der Waals surface area contributed by atoms with Crippen molar-refractivity contribution in [2.75, 3.05) is 4.90 Å². The number of anilines is 1. The molecule has 0 radical (unpaired) electrons. The van der Waals surface area contributed by atoms with E-state index in [0.29, 0.717) is 16.3 Å². The summed E-state index contributed by atoms with van der Waals surface area (Å²) in [6.07, 6.45) is -2.00. The molecule has 0 aromatic heterocycles. The summed E-state index contributed by atoms with van der Waals surface area (Å²) in [7, 11) is 0. The van der Waals surface area contributed by atoms with E-state index in [4.69, 9.17) is 11.6 Å². The number of phenols is 1. The average molecular weight is 584 g/mol. The van der Waals surface area contributed by atoms with E-state index in [1.807, 2.05) is 0 Å². The first-order valence-electron chi connectivity index (χ1n) is 12.8. The smallest absolute Gasteiger partial charge is 0.508 e. The zero-order chi connectivity index (χ0) is 29.4. The molecule has 0 spiro atoms. The van der Waals surface area contributed by atoms with E-state index in [1.165, 1.54) is 13.0 Å². The molecule has 2 aromatic carbocycles. The van der Waals surface area contributed by atoms with Crippen molar-refractivity contribution >= 4 is 40.7 Å². The van der Waals surface area contributed by atoms with E-state index in [0.717, 1.165) is 23.1 Å². The Balaban J connectivity index is 1.49. The number of halogens is 4. The number of phenolic OH excluding ortho intramolecular Hbond substituents is 1. The summed E-state index contributed by atoms with van der Waals surface area (Å²) in [6, 6.07) is 9.16. The van der Waals surface area contributed by atoms with Crippen LogP contribution in [0.1, 0.15) is 31.2 Å². The summed E-state index contributed by atoms with van der Waals surface area (Å²) in [5, 5.41) is 11.3. The number of allylic oxidation sites excluding steroid dienone is 6. The number of aromatic hydroxyl groups is 1. The summed E-state index contributed by atoms with van der Waals surface area (Å²) >= 11 is 5.98. The number of fused-ring (bicyclic) bond motifs is 3. The number of benzene rings is 2. The maximum absolute atomic E-state index is 13.8. The predicted octanol–water partition coefficient (Wildman–Crippen LogP) is 5.58. The fraction of sp³-hybridized carbons (Fsp3) is 0.267. The molecule has 7 nitrogen and oxygen atoms in total. The standard InChI is InChI=1S/C30H21ClF3NO6/c1-13-10-23(37)21-12-19-17(7-8-18-25(19)29(40)35(28(18)39)15-4-2-14(31)3-5-15)24(26(21)27(13)38)20-11-16(6-9-22(20)36)41-30(32,33)34/h2-7,9-11,18-19,24-25,36H,8,12H2,1H3. The van der Waals surface area contributed by atoms with Crippen LogP contribution in [0, 0.1) is 17.8 Å². The molecule has 41 heavy (non-hydrogen) atoms. The maximum Gasteiger partial charge on any atom is 0.573 e. The van der Waals surface area contributed by atoms with Gasteiger partial charge in [-0.1, -0.05) is 23.3 Å². The number of carbonyl (C=O) groups is 4. The minimum Gasteiger partial charge on any atom is -0.508 e. The second-order valence-corrected chi connectivity index (χ2v) is 10.9. The molecule has 4 aliphatic rings. The highest BCUT2D eigenvalue weighted by Crippen LogP contribution is 2.56. The molecule has 0 bridgehead atoms. The lowest BCUT2D eigenvalue weighted by atomic mass is 9.59. The zero-order valence-electron chi connectivity index (χ0n) is 21.4. The van der Waals surface area contributed by atoms with E-state index < -0.39 is 64.9 Å². The molecule has 1 N–H and O–H groups in total. The number of carbonyl (C=O) groups excluding carboxylic acids is 4. The molecule has 1 fully saturated rings. The van der Waals surface area contributed by atoms with Gasteiger partial charge in [0, 0.05) is 33.2 Å². The van der Waals surface area contributed by atoms with Crippen LogP contribution in [0.4, 0.5) is 18.9 Å². The SMILES string of the molecule is CC1=CC(=O)C2=C(C1=O)C(c1cc(OC(F)(F)F)ccc1O)C1=CCC3C(=O)N(c4ccc(Cl)cc4)C(=O)C3C1C2. The summed E-state index contributed by atoms with van der Waals surface area (Å²) < 4.78 is 43.2. The number of nitrogens with zero attached hydrogens (tertiary/aromatic N) is 1. The Morgan fingerprint density at radius 3 is 2.39 bits per heavy atom. The van der Waals surface area contributed by atoms with Crippen LogP contribution in [0.3, 0.4) is 0 Å². The minimum atomic E-state index is -5.01. The van der Waals surface area contributed by atoms with E-state index in [1.54, 1.807) is 30.3 Å². The number of imide groups is 1. The van der Waals surface area contributed by atoms with Gasteiger partial charge in [0.2, 0.25) is 11.8 Å². The van der Waals surface area contributed by atoms with Crippen LogP contribution in [0.2, 0.25) is 5.02 Å². The number of alkyl halides is 3. The molecule has 6 rings (SSSR count). The quantitative estimate of drug-likeness (QED) is 0.288. The van der Waals surface area contributed by atoms with Crippen molar-refractivity contribution in [3.05, 3.63) is 87.5 Å². The fourth-order valence-electron chi connectivity index (χ4n) is 6.52. The topological polar surface area (TPSA) is 101 Å². The van der Waals surface area contributed by atoms with Gasteiger partial charge in [0.25, 0.3) is 0 Å². The van der Waals surface area contributed by atoms with Gasteiger partial charge in [0.05, 0.1) is 17.5 Å². The van der Waals surface area contributed by atoms with E-state index in [9.17, 15) is 37.5 Å². The zero-order valence-corrected chi connectivity index (χ0v) is 22.1. The second-order valence-electron chi connectivity index (χ2n) is 10.5. The van der Waals surface area contributed by atoms with Gasteiger partial charge in [-0.05, 0) is 74.2 Å². The fourth-order valence-corrected chi connectivity index (χ4v) is 6.65. The Labute approximate surface area is 236 Å². The Bertz CT molecular complexity index is 1640. The first kappa shape index (κ1) is 27.0. The lowest BCUT2D eigenvalue weighted by Gasteiger charge is -2.42. The molecule has 1 heterocycles. The van der Waals surface area contributed by atoms with Crippen molar-refractivity contribution in [2.24, 2.45) is 17.8 Å². The Morgan fingerprint density at radius 2 is 1.71 bits per heavy atom. The van der Waals surface area contributed by atoms with Crippen LogP contribution < -0.4 is 9.64 Å². The number of hydrogen-bond donors (Lipinski definition) is 1. The van der Waals surface area contributed by atoms with Crippen molar-refractivity contribution < 1.29 is 42.2 Å². The molecule has 4 atom stereocenters. The summed E-state index contributed by atoms with van der Waals surface area (Å²) in [5.74, 6) is -6.36. The first-order valence-corrected chi connectivity index (χ1v) is 13.2. The van der Waals surface area contributed by atoms with E-state index in [2.05, 4.69) is 4.74 Å². The van der Waals surface area contributed by atoms with Gasteiger partial charge in [0.1, 0.15) is 11.5 Å². The molecule has 1 saturated heterocycles. The molecule has 210 valence electrons. The van der Waals surface area contributed by atoms with Gasteiger partial charge in [-0.3, -0.25) is 24.1 Å². The van der Waals surface area contributed by atoms with Crippen molar-refractivity contribution in [2.45, 2.75) is 32.0 Å². The van der Waals surface area contributed by atoms with Gasteiger partial charge >= 0.3 is 6.36 Å². The minimum absolute atomic E-state index is 0.0137. The molecule has 11 heteroatoms. The van der Waals surface area contributed by atoms with E-state index in [-0.39, 0.29) is 35.1 Å². The van der Waals surface area contributed by atoms with Crippen LogP contribution >= 0.6 is 11.6 Å². The normalized spacial score (nSPS) is 25.9.